The van der Waals surface area contributed by atoms with E-state index in [0.717, 1.165) is 5.69 Å². The van der Waals surface area contributed by atoms with Gasteiger partial charge in [0.2, 0.25) is 0 Å². The normalized spacial score (nSPS) is 10.5. The highest BCUT2D eigenvalue weighted by molar-refractivity contribution is 7.98. The molecule has 0 saturated heterocycles. The molecule has 0 bridgehead atoms. The smallest absolute Gasteiger partial charge is 0.277 e. The second-order valence-corrected chi connectivity index (χ2v) is 6.62. The highest BCUT2D eigenvalue weighted by Gasteiger charge is 2.14. The quantitative estimate of drug-likeness (QED) is 0.414. The summed E-state index contributed by atoms with van der Waals surface area (Å²) in [6.45, 7) is 2.41. The molecule has 3 aromatic rings. The molecule has 1 amide bonds. The van der Waals surface area contributed by atoms with Crippen molar-refractivity contribution in [1.82, 2.24) is 15.0 Å². The van der Waals surface area contributed by atoms with E-state index in [4.69, 9.17) is 10.5 Å². The number of anilines is 2. The number of amides is 1. The highest BCUT2D eigenvalue weighted by Crippen LogP contribution is 2.20. The Bertz CT molecular complexity index is 1010. The Morgan fingerprint density at radius 2 is 2.04 bits per heavy atom. The molecule has 0 fully saturated rings. The lowest BCUT2D eigenvalue weighted by Crippen LogP contribution is -2.23. The summed E-state index contributed by atoms with van der Waals surface area (Å²) in [5.41, 5.74) is 6.51. The minimum Gasteiger partial charge on any atom is -0.494 e. The van der Waals surface area contributed by atoms with Gasteiger partial charge in [-0.25, -0.2) is 4.98 Å². The number of hydrogen-bond acceptors (Lipinski definition) is 7. The number of nitrogens with zero attached hydrogens (tertiary/aromatic N) is 2. The maximum absolute atomic E-state index is 12.4. The lowest BCUT2D eigenvalue weighted by atomic mass is 10.2. The van der Waals surface area contributed by atoms with Crippen molar-refractivity contribution in [1.29, 1.82) is 0 Å². The van der Waals surface area contributed by atoms with E-state index in [2.05, 4.69) is 20.3 Å². The zero-order valence-electron chi connectivity index (χ0n) is 15.1. The van der Waals surface area contributed by atoms with E-state index in [0.29, 0.717) is 28.8 Å². The SMILES string of the molecule is CCOc1ccc(C(=O)Nc2c(N)nc(SCc3ccccn3)[nH]c2=O)cc1. The van der Waals surface area contributed by atoms with E-state index in [1.165, 1.54) is 11.8 Å². The van der Waals surface area contributed by atoms with Crippen molar-refractivity contribution in [3.63, 3.8) is 0 Å². The third-order valence-corrected chi connectivity index (χ3v) is 4.58. The van der Waals surface area contributed by atoms with Gasteiger partial charge in [0.05, 0.1) is 12.3 Å². The van der Waals surface area contributed by atoms with E-state index in [9.17, 15) is 9.59 Å². The Kier molecular flexibility index (Phi) is 6.28. The van der Waals surface area contributed by atoms with E-state index in [1.807, 2.05) is 25.1 Å². The summed E-state index contributed by atoms with van der Waals surface area (Å²) < 4.78 is 5.34. The van der Waals surface area contributed by atoms with Crippen molar-refractivity contribution in [3.05, 3.63) is 70.3 Å². The number of aromatic nitrogens is 3. The van der Waals surface area contributed by atoms with Crippen LogP contribution in [-0.2, 0) is 5.75 Å². The minimum absolute atomic E-state index is 0.0495. The molecule has 0 aliphatic carbocycles. The van der Waals surface area contributed by atoms with Crippen molar-refractivity contribution < 1.29 is 9.53 Å². The van der Waals surface area contributed by atoms with Crippen molar-refractivity contribution in [2.45, 2.75) is 17.8 Å². The first-order chi connectivity index (χ1) is 13.6. The Morgan fingerprint density at radius 3 is 2.68 bits per heavy atom. The molecular weight excluding hydrogens is 378 g/mol. The number of pyridine rings is 1. The number of carbonyl (C=O) groups is 1. The summed E-state index contributed by atoms with van der Waals surface area (Å²) in [6.07, 6.45) is 1.69. The lowest BCUT2D eigenvalue weighted by molar-refractivity contribution is 0.102. The number of nitrogen functional groups attached to an aromatic ring is 1. The number of rotatable bonds is 7. The number of H-pyrrole nitrogens is 1. The largest absolute Gasteiger partial charge is 0.494 e. The zero-order valence-corrected chi connectivity index (χ0v) is 16.0. The molecule has 28 heavy (non-hydrogen) atoms. The Labute approximate surface area is 165 Å². The predicted octanol–water partition coefficient (Wildman–Crippen LogP) is 2.69. The molecule has 144 valence electrons. The van der Waals surface area contributed by atoms with Gasteiger partial charge in [-0.2, -0.15) is 0 Å². The summed E-state index contributed by atoms with van der Waals surface area (Å²) in [5, 5.41) is 2.87. The van der Waals surface area contributed by atoms with Crippen LogP contribution in [0, 0.1) is 0 Å². The van der Waals surface area contributed by atoms with Gasteiger partial charge in [-0.1, -0.05) is 17.8 Å². The summed E-state index contributed by atoms with van der Waals surface area (Å²) in [5.74, 6) is 0.677. The van der Waals surface area contributed by atoms with Crippen LogP contribution in [0.3, 0.4) is 0 Å². The number of hydrogen-bond donors (Lipinski definition) is 3. The molecule has 0 unspecified atom stereocenters. The maximum Gasteiger partial charge on any atom is 0.277 e. The van der Waals surface area contributed by atoms with Gasteiger partial charge in [-0.15, -0.1) is 0 Å². The van der Waals surface area contributed by atoms with Crippen LogP contribution in [0.5, 0.6) is 5.75 Å². The van der Waals surface area contributed by atoms with Crippen molar-refractivity contribution in [2.24, 2.45) is 0 Å². The number of nitrogens with two attached hydrogens (primary N) is 1. The molecule has 0 aliphatic heterocycles. The molecule has 1 aromatic carbocycles. The lowest BCUT2D eigenvalue weighted by Gasteiger charge is -2.09. The van der Waals surface area contributed by atoms with Gasteiger partial charge in [0.25, 0.3) is 11.5 Å². The molecule has 8 nitrogen and oxygen atoms in total. The summed E-state index contributed by atoms with van der Waals surface area (Å²) >= 11 is 1.30. The Morgan fingerprint density at radius 1 is 1.25 bits per heavy atom. The molecule has 2 aromatic heterocycles. The molecule has 0 atom stereocenters. The van der Waals surface area contributed by atoms with E-state index >= 15 is 0 Å². The first-order valence-electron chi connectivity index (χ1n) is 8.53. The topological polar surface area (TPSA) is 123 Å². The molecule has 0 radical (unpaired) electrons. The van der Waals surface area contributed by atoms with Crippen LogP contribution in [0.4, 0.5) is 11.5 Å². The molecular formula is C19H19N5O3S. The van der Waals surface area contributed by atoms with Crippen molar-refractivity contribution in [2.75, 3.05) is 17.7 Å². The van der Waals surface area contributed by atoms with Crippen LogP contribution in [0.15, 0.2) is 58.6 Å². The third-order valence-electron chi connectivity index (χ3n) is 3.67. The average Bonchev–Trinajstić information content (AvgIpc) is 2.70. The first-order valence-corrected chi connectivity index (χ1v) is 9.52. The number of nitrogens with one attached hydrogen (secondary N) is 2. The molecule has 2 heterocycles. The predicted molar refractivity (Wildman–Crippen MR) is 109 cm³/mol. The van der Waals surface area contributed by atoms with Gasteiger partial charge in [-0.3, -0.25) is 19.6 Å². The molecule has 4 N–H and O–H groups in total. The van der Waals surface area contributed by atoms with Gasteiger partial charge in [0.1, 0.15) is 11.4 Å². The summed E-state index contributed by atoms with van der Waals surface area (Å²) in [6, 6.07) is 12.2. The zero-order chi connectivity index (χ0) is 19.9. The first kappa shape index (κ1) is 19.4. The second-order valence-electron chi connectivity index (χ2n) is 5.65. The van der Waals surface area contributed by atoms with E-state index in [-0.39, 0.29) is 11.5 Å². The number of thioether (sulfide) groups is 1. The third kappa shape index (κ3) is 4.89. The highest BCUT2D eigenvalue weighted by atomic mass is 32.2. The number of carbonyl (C=O) groups excluding carboxylic acids is 1. The number of benzene rings is 1. The Hall–Kier alpha value is -3.33. The van der Waals surface area contributed by atoms with Crippen LogP contribution in [-0.4, -0.2) is 27.5 Å². The van der Waals surface area contributed by atoms with Gasteiger partial charge >= 0.3 is 0 Å². The van der Waals surface area contributed by atoms with Gasteiger partial charge in [-0.05, 0) is 43.3 Å². The van der Waals surface area contributed by atoms with E-state index in [1.54, 1.807) is 30.5 Å². The summed E-state index contributed by atoms with van der Waals surface area (Å²) in [4.78, 5) is 35.7. The minimum atomic E-state index is -0.518. The second kappa shape index (κ2) is 9.05. The molecule has 0 aliphatic rings. The summed E-state index contributed by atoms with van der Waals surface area (Å²) in [7, 11) is 0. The number of aromatic amines is 1. The Balaban J connectivity index is 1.70. The molecule has 0 spiro atoms. The average molecular weight is 397 g/mol. The van der Waals surface area contributed by atoms with Crippen LogP contribution >= 0.6 is 11.8 Å². The fraction of sp³-hybridized carbons (Fsp3) is 0.158. The standard InChI is InChI=1S/C19H19N5O3S/c1-2-27-14-8-6-12(7-9-14)17(25)22-15-16(20)23-19(24-18(15)26)28-11-13-5-3-4-10-21-13/h3-10H,2,11H2,1H3,(H,22,25)(H3,20,23,24,26). The molecule has 0 saturated carbocycles. The van der Waals surface area contributed by atoms with Crippen LogP contribution < -0.4 is 21.3 Å². The molecule has 9 heteroatoms. The fourth-order valence-corrected chi connectivity index (χ4v) is 3.12. The van der Waals surface area contributed by atoms with Crippen molar-refractivity contribution >= 4 is 29.2 Å². The van der Waals surface area contributed by atoms with Gasteiger partial charge < -0.3 is 15.8 Å². The monoisotopic (exact) mass is 397 g/mol. The van der Waals surface area contributed by atoms with E-state index < -0.39 is 11.5 Å². The maximum atomic E-state index is 12.4. The van der Waals surface area contributed by atoms with Gasteiger partial charge in [0, 0.05) is 17.5 Å². The van der Waals surface area contributed by atoms with Crippen LogP contribution in [0.1, 0.15) is 23.0 Å². The molecule has 3 rings (SSSR count). The van der Waals surface area contributed by atoms with Gasteiger partial charge in [0.15, 0.2) is 11.0 Å². The van der Waals surface area contributed by atoms with Crippen LogP contribution in [0.2, 0.25) is 0 Å². The van der Waals surface area contributed by atoms with Crippen LogP contribution in [0.25, 0.3) is 0 Å². The van der Waals surface area contributed by atoms with Crippen molar-refractivity contribution in [3.8, 4) is 5.75 Å². The fourth-order valence-electron chi connectivity index (χ4n) is 2.34. The number of ether oxygens (including phenoxy) is 1.